The van der Waals surface area contributed by atoms with Crippen molar-refractivity contribution in [2.45, 2.75) is 51.4 Å². The number of unbranched alkanes of at least 4 members (excludes halogenated alkanes) is 5. The first kappa shape index (κ1) is 16.2. The molecule has 0 spiro atoms. The lowest BCUT2D eigenvalue weighted by atomic mass is 10.1. The van der Waals surface area contributed by atoms with Crippen LogP contribution in [0.5, 0.6) is 0 Å². The Hall–Kier alpha value is -1.84. The molecule has 0 radical (unpaired) electrons. The molecule has 0 unspecified atom stereocenters. The van der Waals surface area contributed by atoms with Gasteiger partial charge in [0.25, 0.3) is 0 Å². The van der Waals surface area contributed by atoms with Crippen LogP contribution < -0.4 is 11.1 Å². The van der Waals surface area contributed by atoms with Gasteiger partial charge in [-0.3, -0.25) is 9.59 Å². The summed E-state index contributed by atoms with van der Waals surface area (Å²) in [6.45, 7) is 0. The molecule has 0 aromatic heterocycles. The molecule has 110 valence electrons. The van der Waals surface area contributed by atoms with Crippen LogP contribution in [0.1, 0.15) is 51.4 Å². The Morgan fingerprint density at radius 1 is 0.850 bits per heavy atom. The lowest BCUT2D eigenvalue weighted by Gasteiger charge is -2.05. The summed E-state index contributed by atoms with van der Waals surface area (Å²) in [5.41, 5.74) is 5.92. The van der Waals surface area contributed by atoms with E-state index in [9.17, 15) is 9.59 Å². The molecular formula is C16H24N2O2. The number of hydrogen-bond donors (Lipinski definition) is 2. The Kier molecular flexibility index (Phi) is 8.11. The molecule has 20 heavy (non-hydrogen) atoms. The van der Waals surface area contributed by atoms with Gasteiger partial charge in [-0.2, -0.15) is 0 Å². The zero-order valence-corrected chi connectivity index (χ0v) is 11.9. The molecule has 1 rings (SSSR count). The number of para-hydroxylation sites is 1. The van der Waals surface area contributed by atoms with Crippen LogP contribution in [0.4, 0.5) is 5.69 Å². The first-order chi connectivity index (χ1) is 9.68. The van der Waals surface area contributed by atoms with Gasteiger partial charge < -0.3 is 11.1 Å². The van der Waals surface area contributed by atoms with Gasteiger partial charge in [-0.1, -0.05) is 43.9 Å². The van der Waals surface area contributed by atoms with E-state index in [1.165, 1.54) is 0 Å². The summed E-state index contributed by atoms with van der Waals surface area (Å²) in [5, 5.41) is 2.88. The van der Waals surface area contributed by atoms with Crippen LogP contribution >= 0.6 is 0 Å². The fourth-order valence-electron chi connectivity index (χ4n) is 2.04. The Morgan fingerprint density at radius 2 is 1.40 bits per heavy atom. The van der Waals surface area contributed by atoms with Crippen molar-refractivity contribution in [1.29, 1.82) is 0 Å². The van der Waals surface area contributed by atoms with E-state index in [0.717, 1.165) is 44.2 Å². The summed E-state index contributed by atoms with van der Waals surface area (Å²) < 4.78 is 0. The molecule has 4 nitrogen and oxygen atoms in total. The van der Waals surface area contributed by atoms with Gasteiger partial charge >= 0.3 is 0 Å². The summed E-state index contributed by atoms with van der Waals surface area (Å²) in [7, 11) is 0. The second kappa shape index (κ2) is 10.0. The van der Waals surface area contributed by atoms with Crippen molar-refractivity contribution < 1.29 is 9.59 Å². The van der Waals surface area contributed by atoms with E-state index in [1.807, 2.05) is 30.3 Å². The van der Waals surface area contributed by atoms with Gasteiger partial charge in [0.15, 0.2) is 0 Å². The van der Waals surface area contributed by atoms with E-state index < -0.39 is 0 Å². The number of anilines is 1. The Morgan fingerprint density at radius 3 is 2.00 bits per heavy atom. The summed E-state index contributed by atoms with van der Waals surface area (Å²) in [4.78, 5) is 22.2. The predicted octanol–water partition coefficient (Wildman–Crippen LogP) is 3.23. The Bertz CT molecular complexity index is 404. The number of carbonyl (C=O) groups is 2. The molecule has 0 saturated heterocycles. The minimum Gasteiger partial charge on any atom is -0.370 e. The number of benzene rings is 1. The quantitative estimate of drug-likeness (QED) is 0.644. The highest BCUT2D eigenvalue weighted by molar-refractivity contribution is 5.90. The van der Waals surface area contributed by atoms with Gasteiger partial charge in [-0.25, -0.2) is 0 Å². The number of nitrogens with two attached hydrogens (primary N) is 1. The minimum absolute atomic E-state index is 0.0740. The molecule has 0 aliphatic carbocycles. The maximum absolute atomic E-state index is 11.7. The highest BCUT2D eigenvalue weighted by Gasteiger charge is 2.01. The van der Waals surface area contributed by atoms with E-state index in [0.29, 0.717) is 12.8 Å². The summed E-state index contributed by atoms with van der Waals surface area (Å²) in [6, 6.07) is 9.50. The first-order valence-corrected chi connectivity index (χ1v) is 7.31. The standard InChI is InChI=1S/C16H24N2O2/c17-15(19)12-8-3-1-2-4-9-13-16(20)18-14-10-6-5-7-11-14/h5-7,10-11H,1-4,8-9,12-13H2,(H2,17,19)(H,18,20). The third-order valence-corrected chi connectivity index (χ3v) is 3.13. The number of rotatable bonds is 10. The van der Waals surface area contributed by atoms with Crippen LogP contribution in [0, 0.1) is 0 Å². The molecule has 0 aliphatic heterocycles. The van der Waals surface area contributed by atoms with Crippen molar-refractivity contribution in [2.24, 2.45) is 5.73 Å². The van der Waals surface area contributed by atoms with E-state index in [2.05, 4.69) is 5.32 Å². The van der Waals surface area contributed by atoms with E-state index in [1.54, 1.807) is 0 Å². The molecule has 0 heterocycles. The predicted molar refractivity (Wildman–Crippen MR) is 81.2 cm³/mol. The average molecular weight is 276 g/mol. The molecule has 0 saturated carbocycles. The molecule has 0 bridgehead atoms. The lowest BCUT2D eigenvalue weighted by Crippen LogP contribution is -2.10. The topological polar surface area (TPSA) is 72.2 Å². The van der Waals surface area contributed by atoms with E-state index in [-0.39, 0.29) is 11.8 Å². The zero-order valence-electron chi connectivity index (χ0n) is 11.9. The number of hydrogen-bond acceptors (Lipinski definition) is 2. The number of amides is 2. The molecular weight excluding hydrogens is 252 g/mol. The van der Waals surface area contributed by atoms with Crippen LogP contribution in [0.15, 0.2) is 30.3 Å². The van der Waals surface area contributed by atoms with Crippen LogP contribution in [0.25, 0.3) is 0 Å². The smallest absolute Gasteiger partial charge is 0.224 e. The third kappa shape index (κ3) is 8.29. The molecule has 4 heteroatoms. The van der Waals surface area contributed by atoms with Crippen LogP contribution in [0.2, 0.25) is 0 Å². The Labute approximate surface area is 120 Å². The van der Waals surface area contributed by atoms with Crippen molar-refractivity contribution in [3.63, 3.8) is 0 Å². The minimum atomic E-state index is -0.220. The fraction of sp³-hybridized carbons (Fsp3) is 0.500. The molecule has 2 amide bonds. The average Bonchev–Trinajstić information content (AvgIpc) is 2.42. The normalized spacial score (nSPS) is 10.2. The largest absolute Gasteiger partial charge is 0.370 e. The van der Waals surface area contributed by atoms with Gasteiger partial charge in [0, 0.05) is 18.5 Å². The third-order valence-electron chi connectivity index (χ3n) is 3.13. The van der Waals surface area contributed by atoms with Gasteiger partial charge in [0.1, 0.15) is 0 Å². The molecule has 0 fully saturated rings. The van der Waals surface area contributed by atoms with E-state index >= 15 is 0 Å². The van der Waals surface area contributed by atoms with Crippen LogP contribution in [-0.4, -0.2) is 11.8 Å². The summed E-state index contributed by atoms with van der Waals surface area (Å²) in [5.74, 6) is -0.146. The second-order valence-electron chi connectivity index (χ2n) is 5.00. The monoisotopic (exact) mass is 276 g/mol. The molecule has 3 N–H and O–H groups in total. The van der Waals surface area contributed by atoms with Gasteiger partial charge in [0.05, 0.1) is 0 Å². The number of primary amides is 1. The zero-order chi connectivity index (χ0) is 14.6. The molecule has 1 aromatic carbocycles. The van der Waals surface area contributed by atoms with Crippen molar-refractivity contribution in [3.05, 3.63) is 30.3 Å². The van der Waals surface area contributed by atoms with Gasteiger partial charge in [0.2, 0.25) is 11.8 Å². The Balaban J connectivity index is 1.96. The van der Waals surface area contributed by atoms with Gasteiger partial charge in [-0.05, 0) is 25.0 Å². The van der Waals surface area contributed by atoms with Gasteiger partial charge in [-0.15, -0.1) is 0 Å². The van der Waals surface area contributed by atoms with Crippen molar-refractivity contribution in [3.8, 4) is 0 Å². The highest BCUT2D eigenvalue weighted by atomic mass is 16.1. The lowest BCUT2D eigenvalue weighted by molar-refractivity contribution is -0.118. The molecule has 0 atom stereocenters. The maximum atomic E-state index is 11.7. The number of carbonyl (C=O) groups excluding carboxylic acids is 2. The van der Waals surface area contributed by atoms with E-state index in [4.69, 9.17) is 5.73 Å². The van der Waals surface area contributed by atoms with Crippen LogP contribution in [-0.2, 0) is 9.59 Å². The second-order valence-corrected chi connectivity index (χ2v) is 5.00. The highest BCUT2D eigenvalue weighted by Crippen LogP contribution is 2.10. The first-order valence-electron chi connectivity index (χ1n) is 7.31. The van der Waals surface area contributed by atoms with Crippen molar-refractivity contribution in [1.82, 2.24) is 0 Å². The molecule has 0 aliphatic rings. The molecule has 1 aromatic rings. The maximum Gasteiger partial charge on any atom is 0.224 e. The fourth-order valence-corrected chi connectivity index (χ4v) is 2.04. The summed E-state index contributed by atoms with van der Waals surface area (Å²) in [6.07, 6.45) is 7.15. The van der Waals surface area contributed by atoms with Crippen LogP contribution in [0.3, 0.4) is 0 Å². The summed E-state index contributed by atoms with van der Waals surface area (Å²) >= 11 is 0. The number of nitrogens with one attached hydrogen (secondary N) is 1. The SMILES string of the molecule is NC(=O)CCCCCCCCC(=O)Nc1ccccc1. The van der Waals surface area contributed by atoms with Crippen molar-refractivity contribution in [2.75, 3.05) is 5.32 Å². The van der Waals surface area contributed by atoms with Crippen molar-refractivity contribution >= 4 is 17.5 Å².